The quantitative estimate of drug-likeness (QED) is 0.754. The Morgan fingerprint density at radius 3 is 1.45 bits per heavy atom. The minimum atomic E-state index is 0.995. The molecule has 108 valence electrons. The van der Waals surface area contributed by atoms with E-state index in [1.54, 1.807) is 0 Å². The predicted molar refractivity (Wildman–Crippen MR) is 90.0 cm³/mol. The van der Waals surface area contributed by atoms with E-state index < -0.39 is 0 Å². The second kappa shape index (κ2) is 8.55. The molecule has 2 aromatic rings. The zero-order chi connectivity index (χ0) is 15.0. The molecule has 0 N–H and O–H groups in total. The zero-order valence-corrected chi connectivity index (χ0v) is 13.5. The van der Waals surface area contributed by atoms with Gasteiger partial charge in [-0.3, -0.25) is 0 Å². The van der Waals surface area contributed by atoms with Crippen LogP contribution in [0, 0.1) is 0 Å². The van der Waals surface area contributed by atoms with Crippen molar-refractivity contribution in [3.8, 4) is 11.1 Å². The third-order valence-corrected chi connectivity index (χ3v) is 3.15. The molecule has 0 heterocycles. The monoisotopic (exact) mass is 269 g/mol. The molecule has 0 bridgehead atoms. The van der Waals surface area contributed by atoms with Crippen LogP contribution in [-0.4, -0.2) is 19.0 Å². The van der Waals surface area contributed by atoms with Gasteiger partial charge in [0.1, 0.15) is 0 Å². The first-order valence-corrected chi connectivity index (χ1v) is 7.52. The summed E-state index contributed by atoms with van der Waals surface area (Å²) in [5, 5.41) is 0. The maximum Gasteiger partial charge on any atom is 0.0227 e. The van der Waals surface area contributed by atoms with Gasteiger partial charge in [0.2, 0.25) is 0 Å². The summed E-state index contributed by atoms with van der Waals surface area (Å²) < 4.78 is 0. The van der Waals surface area contributed by atoms with E-state index in [0.717, 1.165) is 13.0 Å². The van der Waals surface area contributed by atoms with Gasteiger partial charge in [-0.2, -0.15) is 0 Å². The summed E-state index contributed by atoms with van der Waals surface area (Å²) in [6, 6.07) is 17.7. The predicted octanol–water partition coefficient (Wildman–Crippen LogP) is 5.00. The molecule has 20 heavy (non-hydrogen) atoms. The van der Waals surface area contributed by atoms with Gasteiger partial charge in [0, 0.05) is 6.54 Å². The largest absolute Gasteiger partial charge is 0.305 e. The Morgan fingerprint density at radius 1 is 0.700 bits per heavy atom. The van der Waals surface area contributed by atoms with Gasteiger partial charge >= 0.3 is 0 Å². The van der Waals surface area contributed by atoms with Gasteiger partial charge in [-0.25, -0.2) is 0 Å². The van der Waals surface area contributed by atoms with Gasteiger partial charge in [0.05, 0.1) is 0 Å². The molecule has 2 rings (SSSR count). The van der Waals surface area contributed by atoms with Crippen molar-refractivity contribution in [2.45, 2.75) is 33.7 Å². The highest BCUT2D eigenvalue weighted by Gasteiger charge is 1.99. The number of hydrogen-bond donors (Lipinski definition) is 0. The average Bonchev–Trinajstić information content (AvgIpc) is 2.50. The van der Waals surface area contributed by atoms with Crippen LogP contribution in [0.2, 0.25) is 0 Å². The number of rotatable bonds is 4. The molecule has 0 saturated heterocycles. The molecule has 1 heteroatoms. The average molecular weight is 269 g/mol. The van der Waals surface area contributed by atoms with E-state index >= 15 is 0 Å². The van der Waals surface area contributed by atoms with E-state index in [2.05, 4.69) is 74.4 Å². The highest BCUT2D eigenvalue weighted by atomic mass is 15.0. The van der Waals surface area contributed by atoms with Gasteiger partial charge in [-0.15, -0.1) is 0 Å². The Kier molecular flexibility index (Phi) is 7.03. The fourth-order valence-corrected chi connectivity index (χ4v) is 2.10. The lowest BCUT2D eigenvalue weighted by Crippen LogP contribution is -2.10. The lowest BCUT2D eigenvalue weighted by Gasteiger charge is -2.10. The lowest BCUT2D eigenvalue weighted by atomic mass is 10.0. The summed E-state index contributed by atoms with van der Waals surface area (Å²) >= 11 is 0. The van der Waals surface area contributed by atoms with E-state index in [1.807, 2.05) is 13.8 Å². The van der Waals surface area contributed by atoms with Crippen molar-refractivity contribution in [1.82, 2.24) is 4.90 Å². The van der Waals surface area contributed by atoms with Crippen LogP contribution < -0.4 is 0 Å². The Bertz CT molecular complexity index is 480. The van der Waals surface area contributed by atoms with Crippen LogP contribution >= 0.6 is 0 Å². The number of nitrogens with zero attached hydrogens (tertiary/aromatic N) is 1. The smallest absolute Gasteiger partial charge is 0.0227 e. The molecular weight excluding hydrogens is 242 g/mol. The summed E-state index contributed by atoms with van der Waals surface area (Å²) in [5.74, 6) is 0. The van der Waals surface area contributed by atoms with Crippen molar-refractivity contribution < 1.29 is 0 Å². The second-order valence-corrected chi connectivity index (χ2v) is 4.99. The van der Waals surface area contributed by atoms with Crippen molar-refractivity contribution in [3.63, 3.8) is 0 Å². The fraction of sp³-hybridized carbons (Fsp3) is 0.368. The SMILES string of the molecule is CC.CCc1ccc(-c2ccc(CN(C)C)cc2)cc1. The molecule has 0 spiro atoms. The van der Waals surface area contributed by atoms with E-state index in [9.17, 15) is 0 Å². The molecule has 0 saturated carbocycles. The molecule has 0 aliphatic heterocycles. The molecule has 0 unspecified atom stereocenters. The first-order valence-electron chi connectivity index (χ1n) is 7.52. The third kappa shape index (κ3) is 4.82. The highest BCUT2D eigenvalue weighted by Crippen LogP contribution is 2.20. The first-order chi connectivity index (χ1) is 9.69. The normalized spacial score (nSPS) is 10.1. The minimum absolute atomic E-state index is 0.995. The molecular formula is C19H27N. The van der Waals surface area contributed by atoms with E-state index in [1.165, 1.54) is 22.3 Å². The second-order valence-electron chi connectivity index (χ2n) is 4.99. The van der Waals surface area contributed by atoms with Gasteiger partial charge in [-0.1, -0.05) is 69.3 Å². The topological polar surface area (TPSA) is 3.24 Å². The first kappa shape index (κ1) is 16.5. The molecule has 0 atom stereocenters. The number of hydrogen-bond acceptors (Lipinski definition) is 1. The lowest BCUT2D eigenvalue weighted by molar-refractivity contribution is 0.402. The van der Waals surface area contributed by atoms with Crippen molar-refractivity contribution >= 4 is 0 Å². The van der Waals surface area contributed by atoms with Crippen LogP contribution in [0.25, 0.3) is 11.1 Å². The van der Waals surface area contributed by atoms with Crippen LogP contribution in [-0.2, 0) is 13.0 Å². The molecule has 0 aliphatic carbocycles. The molecule has 2 aromatic carbocycles. The Labute approximate surface area is 124 Å². The number of benzene rings is 2. The molecule has 0 aromatic heterocycles. The summed E-state index contributed by atoms with van der Waals surface area (Å²) in [7, 11) is 4.19. The zero-order valence-electron chi connectivity index (χ0n) is 13.5. The summed E-state index contributed by atoms with van der Waals surface area (Å²) in [6.07, 6.45) is 1.10. The summed E-state index contributed by atoms with van der Waals surface area (Å²) in [5.41, 5.74) is 5.33. The summed E-state index contributed by atoms with van der Waals surface area (Å²) in [4.78, 5) is 2.19. The Hall–Kier alpha value is -1.60. The van der Waals surface area contributed by atoms with Crippen LogP contribution in [0.4, 0.5) is 0 Å². The number of aryl methyl sites for hydroxylation is 1. The molecule has 0 radical (unpaired) electrons. The maximum absolute atomic E-state index is 2.21. The van der Waals surface area contributed by atoms with E-state index in [-0.39, 0.29) is 0 Å². The minimum Gasteiger partial charge on any atom is -0.305 e. The molecule has 0 aliphatic rings. The highest BCUT2D eigenvalue weighted by molar-refractivity contribution is 5.63. The van der Waals surface area contributed by atoms with Crippen molar-refractivity contribution in [3.05, 3.63) is 59.7 Å². The molecule has 0 amide bonds. The third-order valence-electron chi connectivity index (χ3n) is 3.15. The summed E-state index contributed by atoms with van der Waals surface area (Å²) in [6.45, 7) is 7.18. The van der Waals surface area contributed by atoms with Crippen molar-refractivity contribution in [1.29, 1.82) is 0 Å². The van der Waals surface area contributed by atoms with Crippen LogP contribution in [0.15, 0.2) is 48.5 Å². The van der Waals surface area contributed by atoms with Crippen LogP contribution in [0.1, 0.15) is 31.9 Å². The Balaban J connectivity index is 0.000000956. The molecule has 1 nitrogen and oxygen atoms in total. The van der Waals surface area contributed by atoms with Gasteiger partial charge < -0.3 is 4.90 Å². The fourth-order valence-electron chi connectivity index (χ4n) is 2.10. The van der Waals surface area contributed by atoms with Crippen LogP contribution in [0.5, 0.6) is 0 Å². The van der Waals surface area contributed by atoms with E-state index in [0.29, 0.717) is 0 Å². The maximum atomic E-state index is 2.21. The van der Waals surface area contributed by atoms with Crippen molar-refractivity contribution in [2.24, 2.45) is 0 Å². The van der Waals surface area contributed by atoms with E-state index in [4.69, 9.17) is 0 Å². The Morgan fingerprint density at radius 2 is 1.10 bits per heavy atom. The molecule has 0 fully saturated rings. The standard InChI is InChI=1S/C17H21N.C2H6/c1-4-14-5-9-16(10-6-14)17-11-7-15(8-12-17)13-18(2)3;1-2/h5-12H,4,13H2,1-3H3;1-2H3. The van der Waals surface area contributed by atoms with Gasteiger partial charge in [0.15, 0.2) is 0 Å². The van der Waals surface area contributed by atoms with Crippen molar-refractivity contribution in [2.75, 3.05) is 14.1 Å². The van der Waals surface area contributed by atoms with Gasteiger partial charge in [0.25, 0.3) is 0 Å². The van der Waals surface area contributed by atoms with Crippen LogP contribution in [0.3, 0.4) is 0 Å². The van der Waals surface area contributed by atoms with Gasteiger partial charge in [-0.05, 0) is 42.8 Å².